The minimum absolute atomic E-state index is 0.279. The van der Waals surface area contributed by atoms with Crippen molar-refractivity contribution in [1.82, 2.24) is 0 Å². The van der Waals surface area contributed by atoms with Crippen LogP contribution in [0.25, 0.3) is 0 Å². The second kappa shape index (κ2) is 4.36. The van der Waals surface area contributed by atoms with Gasteiger partial charge in [-0.3, -0.25) is 10.1 Å². The predicted octanol–water partition coefficient (Wildman–Crippen LogP) is 0.122. The number of methoxy groups -OCH3 is 1. The van der Waals surface area contributed by atoms with Crippen molar-refractivity contribution >= 4 is 15.7 Å². The highest BCUT2D eigenvalue weighted by Crippen LogP contribution is 2.30. The maximum absolute atomic E-state index is 11.2. The minimum atomic E-state index is -4.12. The molecule has 0 bridgehead atoms. The number of primary sulfonamides is 1. The molecule has 9 heteroatoms. The van der Waals surface area contributed by atoms with E-state index in [1.165, 1.54) is 6.07 Å². The number of nitro groups is 1. The van der Waals surface area contributed by atoms with Crippen molar-refractivity contribution in [1.29, 1.82) is 5.26 Å². The summed E-state index contributed by atoms with van der Waals surface area (Å²) in [4.78, 5) is 9.35. The van der Waals surface area contributed by atoms with Gasteiger partial charge in [-0.15, -0.1) is 0 Å². The van der Waals surface area contributed by atoms with Gasteiger partial charge in [-0.05, 0) is 6.07 Å². The van der Waals surface area contributed by atoms with Crippen LogP contribution in [-0.4, -0.2) is 20.5 Å². The maximum Gasteiger partial charge on any atom is 0.290 e. The van der Waals surface area contributed by atoms with Crippen LogP contribution in [0.15, 0.2) is 17.0 Å². The van der Waals surface area contributed by atoms with Crippen LogP contribution in [0.1, 0.15) is 5.56 Å². The van der Waals surface area contributed by atoms with Gasteiger partial charge in [0.05, 0.1) is 18.1 Å². The van der Waals surface area contributed by atoms with E-state index in [9.17, 15) is 18.5 Å². The number of rotatable bonds is 3. The molecule has 0 aliphatic carbocycles. The highest BCUT2D eigenvalue weighted by atomic mass is 32.2. The zero-order chi connectivity index (χ0) is 13.2. The Bertz CT molecular complexity index is 617. The van der Waals surface area contributed by atoms with Crippen molar-refractivity contribution in [2.45, 2.75) is 4.90 Å². The Morgan fingerprint density at radius 2 is 2.12 bits per heavy atom. The second-order valence-corrected chi connectivity index (χ2v) is 4.46. The van der Waals surface area contributed by atoms with Crippen molar-refractivity contribution in [2.24, 2.45) is 5.14 Å². The molecule has 90 valence electrons. The van der Waals surface area contributed by atoms with Crippen molar-refractivity contribution in [3.8, 4) is 11.8 Å². The first-order chi connectivity index (χ1) is 7.81. The molecule has 1 aromatic rings. The van der Waals surface area contributed by atoms with Gasteiger partial charge in [-0.25, -0.2) is 13.6 Å². The third-order valence-corrected chi connectivity index (χ3v) is 2.84. The Morgan fingerprint density at radius 3 is 2.47 bits per heavy atom. The van der Waals surface area contributed by atoms with Crippen LogP contribution < -0.4 is 9.88 Å². The molecule has 8 nitrogen and oxygen atoms in total. The first-order valence-electron chi connectivity index (χ1n) is 4.10. The molecule has 17 heavy (non-hydrogen) atoms. The van der Waals surface area contributed by atoms with Crippen LogP contribution in [0.5, 0.6) is 5.75 Å². The van der Waals surface area contributed by atoms with Crippen LogP contribution >= 0.6 is 0 Å². The lowest BCUT2D eigenvalue weighted by Gasteiger charge is -2.06. The van der Waals surface area contributed by atoms with Gasteiger partial charge in [-0.1, -0.05) is 0 Å². The SMILES string of the molecule is COc1cc([N+](=O)[O-])c(C#N)cc1S(N)(=O)=O. The van der Waals surface area contributed by atoms with Crippen molar-refractivity contribution in [3.05, 3.63) is 27.8 Å². The molecule has 0 heterocycles. The van der Waals surface area contributed by atoms with Crippen LogP contribution in [0.3, 0.4) is 0 Å². The van der Waals surface area contributed by atoms with Crippen LogP contribution in [0.2, 0.25) is 0 Å². The largest absolute Gasteiger partial charge is 0.495 e. The zero-order valence-electron chi connectivity index (χ0n) is 8.58. The number of hydrogen-bond acceptors (Lipinski definition) is 6. The lowest BCUT2D eigenvalue weighted by Crippen LogP contribution is -2.14. The third-order valence-electron chi connectivity index (χ3n) is 1.91. The predicted molar refractivity (Wildman–Crippen MR) is 55.7 cm³/mol. The molecule has 0 spiro atoms. The van der Waals surface area contributed by atoms with Crippen LogP contribution in [0.4, 0.5) is 5.69 Å². The first kappa shape index (κ1) is 12.9. The van der Waals surface area contributed by atoms with E-state index in [2.05, 4.69) is 4.74 Å². The molecule has 1 rings (SSSR count). The van der Waals surface area contributed by atoms with E-state index in [-0.39, 0.29) is 5.75 Å². The van der Waals surface area contributed by atoms with Gasteiger partial charge in [0.15, 0.2) is 0 Å². The number of ether oxygens (including phenoxy) is 1. The smallest absolute Gasteiger partial charge is 0.290 e. The zero-order valence-corrected chi connectivity index (χ0v) is 9.39. The van der Waals surface area contributed by atoms with E-state index in [0.29, 0.717) is 0 Å². The molecule has 1 aromatic carbocycles. The summed E-state index contributed by atoms with van der Waals surface area (Å²) in [5, 5.41) is 24.2. The molecule has 0 aliphatic rings. The molecule has 0 radical (unpaired) electrons. The van der Waals surface area contributed by atoms with E-state index in [0.717, 1.165) is 19.2 Å². The summed E-state index contributed by atoms with van der Waals surface area (Å²) >= 11 is 0. The summed E-state index contributed by atoms with van der Waals surface area (Å²) in [5.41, 5.74) is -0.948. The maximum atomic E-state index is 11.2. The van der Waals surface area contributed by atoms with Gasteiger partial charge in [0.25, 0.3) is 5.69 Å². The topological polar surface area (TPSA) is 136 Å². The fourth-order valence-corrected chi connectivity index (χ4v) is 1.88. The molecule has 0 aliphatic heterocycles. The summed E-state index contributed by atoms with van der Waals surface area (Å²) in [6.45, 7) is 0. The molecule has 0 saturated carbocycles. The monoisotopic (exact) mass is 257 g/mol. The van der Waals surface area contributed by atoms with Crippen LogP contribution in [-0.2, 0) is 10.0 Å². The molecule has 0 unspecified atom stereocenters. The number of benzene rings is 1. The average Bonchev–Trinajstić information content (AvgIpc) is 2.25. The molecule has 0 atom stereocenters. The molecule has 0 saturated heterocycles. The number of nitro benzene ring substituents is 1. The minimum Gasteiger partial charge on any atom is -0.495 e. The molecule has 0 amide bonds. The van der Waals surface area contributed by atoms with E-state index in [4.69, 9.17) is 10.4 Å². The first-order valence-corrected chi connectivity index (χ1v) is 5.65. The quantitative estimate of drug-likeness (QED) is 0.603. The van der Waals surface area contributed by atoms with E-state index >= 15 is 0 Å². The van der Waals surface area contributed by atoms with Crippen molar-refractivity contribution in [3.63, 3.8) is 0 Å². The number of nitriles is 1. The van der Waals surface area contributed by atoms with E-state index in [1.54, 1.807) is 0 Å². The number of hydrogen-bond donors (Lipinski definition) is 1. The van der Waals surface area contributed by atoms with Crippen LogP contribution in [0, 0.1) is 21.4 Å². The molecule has 2 N–H and O–H groups in total. The highest BCUT2D eigenvalue weighted by Gasteiger charge is 2.23. The number of sulfonamides is 1. The van der Waals surface area contributed by atoms with Crippen molar-refractivity contribution < 1.29 is 18.1 Å². The normalized spacial score (nSPS) is 10.6. The second-order valence-electron chi connectivity index (χ2n) is 2.93. The van der Waals surface area contributed by atoms with Gasteiger partial charge in [0.2, 0.25) is 10.0 Å². The summed E-state index contributed by atoms with van der Waals surface area (Å²) in [6, 6.07) is 3.18. The van der Waals surface area contributed by atoms with E-state index in [1.807, 2.05) is 0 Å². The van der Waals surface area contributed by atoms with E-state index < -0.39 is 31.1 Å². The Kier molecular flexibility index (Phi) is 3.31. The Labute approximate surface area is 96.4 Å². The van der Waals surface area contributed by atoms with Crippen molar-refractivity contribution in [2.75, 3.05) is 7.11 Å². The fourth-order valence-electron chi connectivity index (χ4n) is 1.17. The molecular formula is C8H7N3O5S. The third kappa shape index (κ3) is 2.49. The summed E-state index contributed by atoms with van der Waals surface area (Å²) in [7, 11) is -2.98. The lowest BCUT2D eigenvalue weighted by atomic mass is 10.2. The molecule has 0 aromatic heterocycles. The number of nitrogens with zero attached hydrogens (tertiary/aromatic N) is 2. The summed E-state index contributed by atoms with van der Waals surface area (Å²) in [6.07, 6.45) is 0. The Balaban J connectivity index is 3.68. The summed E-state index contributed by atoms with van der Waals surface area (Å²) in [5.74, 6) is -0.279. The number of nitrogens with two attached hydrogens (primary N) is 1. The highest BCUT2D eigenvalue weighted by molar-refractivity contribution is 7.89. The Morgan fingerprint density at radius 1 is 1.53 bits per heavy atom. The van der Waals surface area contributed by atoms with Gasteiger partial charge >= 0.3 is 0 Å². The van der Waals surface area contributed by atoms with Gasteiger partial charge in [-0.2, -0.15) is 5.26 Å². The standard InChI is InChI=1S/C8H7N3O5S/c1-16-7-3-6(11(12)13)5(4-9)2-8(7)17(10,14)15/h2-3H,1H3,(H2,10,14,15). The van der Waals surface area contributed by atoms with Gasteiger partial charge in [0, 0.05) is 0 Å². The molecule has 0 fully saturated rings. The summed E-state index contributed by atoms with van der Waals surface area (Å²) < 4.78 is 27.0. The molecular weight excluding hydrogens is 250 g/mol. The Hall–Kier alpha value is -2.18. The average molecular weight is 257 g/mol. The van der Waals surface area contributed by atoms with Gasteiger partial charge in [0.1, 0.15) is 22.3 Å². The fraction of sp³-hybridized carbons (Fsp3) is 0.125. The lowest BCUT2D eigenvalue weighted by molar-refractivity contribution is -0.385. The van der Waals surface area contributed by atoms with Gasteiger partial charge < -0.3 is 4.74 Å².